The van der Waals surface area contributed by atoms with Crippen LogP contribution in [-0.4, -0.2) is 24.5 Å². The minimum atomic E-state index is -0.562. The van der Waals surface area contributed by atoms with E-state index >= 15 is 0 Å². The number of ether oxygens (including phenoxy) is 1. The van der Waals surface area contributed by atoms with Crippen LogP contribution in [0.3, 0.4) is 0 Å². The molecule has 1 N–H and O–H groups in total. The molecule has 4 nitrogen and oxygen atoms in total. The van der Waals surface area contributed by atoms with E-state index in [-0.39, 0.29) is 11.9 Å². The maximum atomic E-state index is 12.0. The minimum absolute atomic E-state index is 0.241. The summed E-state index contributed by atoms with van der Waals surface area (Å²) in [4.78, 5) is 23.8. The Morgan fingerprint density at radius 1 is 1.21 bits per heavy atom. The Labute approximate surface area is 114 Å². The van der Waals surface area contributed by atoms with Crippen LogP contribution in [-0.2, 0) is 9.53 Å². The highest BCUT2D eigenvalue weighted by atomic mass is 16.5. The Hall–Kier alpha value is -1.84. The van der Waals surface area contributed by atoms with Crippen LogP contribution in [0.15, 0.2) is 30.3 Å². The summed E-state index contributed by atoms with van der Waals surface area (Å²) in [5, 5.41) is 2.74. The lowest BCUT2D eigenvalue weighted by atomic mass is 10.1. The van der Waals surface area contributed by atoms with Gasteiger partial charge in [0.05, 0.1) is 6.61 Å². The van der Waals surface area contributed by atoms with Gasteiger partial charge in [0.15, 0.2) is 0 Å². The first-order valence-corrected chi connectivity index (χ1v) is 6.71. The summed E-state index contributed by atoms with van der Waals surface area (Å²) in [6.45, 7) is 4.12. The molecule has 0 bridgehead atoms. The standard InChI is InChI=1S/C15H21NO3/c1-3-5-11-13(15(18)19-4-2)16-14(17)12-9-7-6-8-10-12/h6-10,13H,3-5,11H2,1-2H3,(H,16,17)/t13-/m1/s1. The maximum absolute atomic E-state index is 12.0. The molecule has 0 aliphatic rings. The number of amides is 1. The molecule has 1 atom stereocenters. The highest BCUT2D eigenvalue weighted by Gasteiger charge is 2.21. The Morgan fingerprint density at radius 2 is 1.89 bits per heavy atom. The molecule has 0 fully saturated rings. The van der Waals surface area contributed by atoms with E-state index in [0.29, 0.717) is 18.6 Å². The zero-order chi connectivity index (χ0) is 14.1. The third-order valence-electron chi connectivity index (χ3n) is 2.76. The predicted octanol–water partition coefficient (Wildman–Crippen LogP) is 2.54. The lowest BCUT2D eigenvalue weighted by Crippen LogP contribution is -2.41. The quantitative estimate of drug-likeness (QED) is 0.769. The fourth-order valence-electron chi connectivity index (χ4n) is 1.73. The summed E-state index contributed by atoms with van der Waals surface area (Å²) in [7, 11) is 0. The Morgan fingerprint density at radius 3 is 2.47 bits per heavy atom. The second kappa shape index (κ2) is 8.29. The molecule has 1 aromatic carbocycles. The van der Waals surface area contributed by atoms with Crippen molar-refractivity contribution in [2.45, 2.75) is 39.2 Å². The number of hydrogen-bond donors (Lipinski definition) is 1. The predicted molar refractivity (Wildman–Crippen MR) is 73.9 cm³/mol. The van der Waals surface area contributed by atoms with E-state index in [1.54, 1.807) is 31.2 Å². The average molecular weight is 263 g/mol. The van der Waals surface area contributed by atoms with Gasteiger partial charge in [-0.3, -0.25) is 4.79 Å². The highest BCUT2D eigenvalue weighted by molar-refractivity contribution is 5.96. The number of esters is 1. The molecule has 0 saturated heterocycles. The van der Waals surface area contributed by atoms with Crippen LogP contribution in [0.5, 0.6) is 0 Å². The van der Waals surface area contributed by atoms with E-state index in [1.165, 1.54) is 0 Å². The Balaban J connectivity index is 2.66. The highest BCUT2D eigenvalue weighted by Crippen LogP contribution is 2.05. The zero-order valence-electron chi connectivity index (χ0n) is 11.5. The molecule has 0 aliphatic carbocycles. The van der Waals surface area contributed by atoms with E-state index in [9.17, 15) is 9.59 Å². The Kier molecular flexibility index (Phi) is 6.64. The number of nitrogens with one attached hydrogen (secondary N) is 1. The van der Waals surface area contributed by atoms with E-state index in [0.717, 1.165) is 12.8 Å². The van der Waals surface area contributed by atoms with Gasteiger partial charge < -0.3 is 10.1 Å². The normalized spacial score (nSPS) is 11.7. The van der Waals surface area contributed by atoms with Gasteiger partial charge in [-0.2, -0.15) is 0 Å². The van der Waals surface area contributed by atoms with Crippen LogP contribution in [0.2, 0.25) is 0 Å². The van der Waals surface area contributed by atoms with Crippen molar-refractivity contribution in [3.8, 4) is 0 Å². The lowest BCUT2D eigenvalue weighted by Gasteiger charge is -2.17. The van der Waals surface area contributed by atoms with Crippen molar-refractivity contribution in [2.24, 2.45) is 0 Å². The van der Waals surface area contributed by atoms with Gasteiger partial charge in [-0.15, -0.1) is 0 Å². The topological polar surface area (TPSA) is 55.4 Å². The van der Waals surface area contributed by atoms with E-state index in [1.807, 2.05) is 13.0 Å². The summed E-state index contributed by atoms with van der Waals surface area (Å²) in [6, 6.07) is 8.30. The van der Waals surface area contributed by atoms with Gasteiger partial charge in [-0.25, -0.2) is 4.79 Å². The van der Waals surface area contributed by atoms with Crippen LogP contribution >= 0.6 is 0 Å². The van der Waals surface area contributed by atoms with Gasteiger partial charge in [0.2, 0.25) is 0 Å². The first-order chi connectivity index (χ1) is 9.19. The van der Waals surface area contributed by atoms with Crippen molar-refractivity contribution in [1.29, 1.82) is 0 Å². The molecule has 0 radical (unpaired) electrons. The lowest BCUT2D eigenvalue weighted by molar-refractivity contribution is -0.145. The molecule has 1 amide bonds. The van der Waals surface area contributed by atoms with E-state index in [2.05, 4.69) is 5.32 Å². The third-order valence-corrected chi connectivity index (χ3v) is 2.76. The van der Waals surface area contributed by atoms with Crippen LogP contribution in [0.4, 0.5) is 0 Å². The summed E-state index contributed by atoms with van der Waals surface area (Å²) >= 11 is 0. The number of benzene rings is 1. The molecule has 104 valence electrons. The van der Waals surface area contributed by atoms with Crippen LogP contribution < -0.4 is 5.32 Å². The first kappa shape index (κ1) is 15.2. The van der Waals surface area contributed by atoms with Crippen molar-refractivity contribution in [2.75, 3.05) is 6.61 Å². The van der Waals surface area contributed by atoms with Gasteiger partial charge in [0, 0.05) is 5.56 Å². The van der Waals surface area contributed by atoms with Crippen molar-refractivity contribution < 1.29 is 14.3 Å². The van der Waals surface area contributed by atoms with Crippen LogP contribution in [0.25, 0.3) is 0 Å². The largest absolute Gasteiger partial charge is 0.464 e. The van der Waals surface area contributed by atoms with Gasteiger partial charge in [0.1, 0.15) is 6.04 Å². The second-order valence-corrected chi connectivity index (χ2v) is 4.29. The SMILES string of the molecule is CCCC[C@@H](NC(=O)c1ccccc1)C(=O)OCC. The molecule has 0 heterocycles. The number of unbranched alkanes of at least 4 members (excludes halogenated alkanes) is 1. The van der Waals surface area contributed by atoms with E-state index < -0.39 is 6.04 Å². The molecule has 1 rings (SSSR count). The molecular formula is C15H21NO3. The summed E-state index contributed by atoms with van der Waals surface area (Å²) in [5.41, 5.74) is 0.549. The fraction of sp³-hybridized carbons (Fsp3) is 0.467. The molecule has 19 heavy (non-hydrogen) atoms. The van der Waals surface area contributed by atoms with Gasteiger partial charge >= 0.3 is 5.97 Å². The molecular weight excluding hydrogens is 242 g/mol. The number of carbonyl (C=O) groups excluding carboxylic acids is 2. The molecule has 0 aromatic heterocycles. The van der Waals surface area contributed by atoms with E-state index in [4.69, 9.17) is 4.74 Å². The van der Waals surface area contributed by atoms with Crippen LogP contribution in [0.1, 0.15) is 43.5 Å². The van der Waals surface area contributed by atoms with Crippen LogP contribution in [0, 0.1) is 0 Å². The summed E-state index contributed by atoms with van der Waals surface area (Å²) in [5.74, 6) is -0.602. The van der Waals surface area contributed by atoms with Crippen molar-refractivity contribution >= 4 is 11.9 Å². The monoisotopic (exact) mass is 263 g/mol. The molecule has 0 spiro atoms. The maximum Gasteiger partial charge on any atom is 0.328 e. The number of carbonyl (C=O) groups is 2. The van der Waals surface area contributed by atoms with Crippen molar-refractivity contribution in [3.05, 3.63) is 35.9 Å². The molecule has 0 aliphatic heterocycles. The smallest absolute Gasteiger partial charge is 0.328 e. The van der Waals surface area contributed by atoms with Gasteiger partial charge in [-0.05, 0) is 25.5 Å². The minimum Gasteiger partial charge on any atom is -0.464 e. The molecule has 4 heteroatoms. The Bertz CT molecular complexity index is 403. The summed E-state index contributed by atoms with van der Waals surface area (Å²) in [6.07, 6.45) is 2.45. The summed E-state index contributed by atoms with van der Waals surface area (Å²) < 4.78 is 4.98. The van der Waals surface area contributed by atoms with Gasteiger partial charge in [-0.1, -0.05) is 38.0 Å². The third kappa shape index (κ3) is 5.12. The average Bonchev–Trinajstić information content (AvgIpc) is 2.44. The first-order valence-electron chi connectivity index (χ1n) is 6.71. The second-order valence-electron chi connectivity index (χ2n) is 4.29. The van der Waals surface area contributed by atoms with Crippen molar-refractivity contribution in [3.63, 3.8) is 0 Å². The van der Waals surface area contributed by atoms with Gasteiger partial charge in [0.25, 0.3) is 5.91 Å². The molecule has 0 saturated carbocycles. The van der Waals surface area contributed by atoms with Crippen molar-refractivity contribution in [1.82, 2.24) is 5.32 Å². The molecule has 1 aromatic rings. The fourth-order valence-corrected chi connectivity index (χ4v) is 1.73. The zero-order valence-corrected chi connectivity index (χ0v) is 11.5. The molecule has 0 unspecified atom stereocenters. The number of rotatable bonds is 7. The number of hydrogen-bond acceptors (Lipinski definition) is 3.